The maximum atomic E-state index is 12.7. The highest BCUT2D eigenvalue weighted by Gasteiger charge is 2.30. The Morgan fingerprint density at radius 1 is 1.12 bits per heavy atom. The van der Waals surface area contributed by atoms with Crippen LogP contribution in [0.15, 0.2) is 64.0 Å². The minimum atomic E-state index is -3.62. The Hall–Kier alpha value is -3.23. The van der Waals surface area contributed by atoms with E-state index in [1.165, 1.54) is 0 Å². The van der Waals surface area contributed by atoms with Gasteiger partial charge in [0.25, 0.3) is 0 Å². The second-order valence-corrected chi connectivity index (χ2v) is 10.1. The monoisotopic (exact) mass is 465 g/mol. The van der Waals surface area contributed by atoms with Crippen molar-refractivity contribution in [3.63, 3.8) is 0 Å². The van der Waals surface area contributed by atoms with Gasteiger partial charge >= 0.3 is 0 Å². The molecule has 1 fully saturated rings. The molecule has 7 nitrogen and oxygen atoms in total. The lowest BCUT2D eigenvalue weighted by molar-refractivity contribution is -0.117. The zero-order valence-corrected chi connectivity index (χ0v) is 19.4. The molecule has 1 aliphatic carbocycles. The van der Waals surface area contributed by atoms with Crippen molar-refractivity contribution < 1.29 is 17.7 Å². The Balaban J connectivity index is 1.40. The van der Waals surface area contributed by atoms with Crippen LogP contribution in [0.5, 0.6) is 0 Å². The minimum Gasteiger partial charge on any atom is -0.354 e. The van der Waals surface area contributed by atoms with Crippen molar-refractivity contribution in [2.45, 2.75) is 37.5 Å². The molecule has 0 spiro atoms. The van der Waals surface area contributed by atoms with Gasteiger partial charge in [0, 0.05) is 12.5 Å². The van der Waals surface area contributed by atoms with Gasteiger partial charge in [0.15, 0.2) is 5.76 Å². The lowest BCUT2D eigenvalue weighted by Gasteiger charge is -2.13. The average molecular weight is 466 g/mol. The Morgan fingerprint density at radius 2 is 1.82 bits per heavy atom. The molecule has 2 N–H and O–H groups in total. The second-order valence-electron chi connectivity index (χ2n) is 8.34. The fourth-order valence-electron chi connectivity index (χ4n) is 3.37. The van der Waals surface area contributed by atoms with E-state index >= 15 is 0 Å². The molecule has 0 aliphatic heterocycles. The maximum absolute atomic E-state index is 12.7. The van der Waals surface area contributed by atoms with Crippen LogP contribution in [0.4, 0.5) is 5.69 Å². The molecule has 1 unspecified atom stereocenters. The third kappa shape index (κ3) is 5.77. The lowest BCUT2D eigenvalue weighted by atomic mass is 10.0. The number of amides is 1. The minimum absolute atomic E-state index is 0.0143. The highest BCUT2D eigenvalue weighted by molar-refractivity contribution is 7.89. The molecule has 0 radical (unpaired) electrons. The summed E-state index contributed by atoms with van der Waals surface area (Å²) in [6.07, 6.45) is 5.33. The van der Waals surface area contributed by atoms with Gasteiger partial charge in [-0.15, -0.1) is 0 Å². The summed E-state index contributed by atoms with van der Waals surface area (Å²) in [6, 6.07) is 16.4. The van der Waals surface area contributed by atoms with E-state index in [1.807, 2.05) is 37.3 Å². The van der Waals surface area contributed by atoms with Crippen LogP contribution in [0, 0.1) is 12.8 Å². The summed E-state index contributed by atoms with van der Waals surface area (Å²) in [5.74, 6) is 0.576. The second kappa shape index (κ2) is 9.72. The Bertz CT molecular complexity index is 1240. The first-order valence-electron chi connectivity index (χ1n) is 10.9. The third-order valence-corrected chi connectivity index (χ3v) is 7.09. The van der Waals surface area contributed by atoms with Crippen molar-refractivity contribution in [2.75, 3.05) is 11.9 Å². The van der Waals surface area contributed by atoms with Gasteiger partial charge < -0.3 is 9.84 Å². The molecule has 1 amide bonds. The topological polar surface area (TPSA) is 101 Å². The molecule has 8 heteroatoms. The quantitative estimate of drug-likeness (QED) is 0.482. The number of nitrogens with one attached hydrogen (secondary N) is 2. The number of benzene rings is 2. The number of nitrogens with zero attached hydrogens (tertiary/aromatic N) is 1. The van der Waals surface area contributed by atoms with Crippen LogP contribution in [-0.2, 0) is 14.8 Å². The van der Waals surface area contributed by atoms with Crippen molar-refractivity contribution in [1.82, 2.24) is 9.88 Å². The number of anilines is 1. The first-order valence-corrected chi connectivity index (χ1v) is 12.4. The van der Waals surface area contributed by atoms with E-state index in [-0.39, 0.29) is 22.6 Å². The van der Waals surface area contributed by atoms with Gasteiger partial charge in [0.1, 0.15) is 11.4 Å². The maximum Gasteiger partial charge on any atom is 0.240 e. The van der Waals surface area contributed by atoms with Crippen LogP contribution in [0.2, 0.25) is 0 Å². The number of carbonyl (C=O) groups excluding carboxylic acids is 1. The SMILES string of the molecule is Cc1noc(/C=C\c2ccc(S(=O)(=O)NCC(C)c3ccccc3)cc2)c1NC(=O)C1CC1. The van der Waals surface area contributed by atoms with Crippen LogP contribution < -0.4 is 10.0 Å². The molecular formula is C25H27N3O4S. The van der Waals surface area contributed by atoms with Gasteiger partial charge in [-0.3, -0.25) is 4.79 Å². The van der Waals surface area contributed by atoms with Gasteiger partial charge in [0.2, 0.25) is 15.9 Å². The van der Waals surface area contributed by atoms with Crippen LogP contribution >= 0.6 is 0 Å². The first kappa shape index (κ1) is 22.9. The molecule has 3 aromatic rings. The Morgan fingerprint density at radius 3 is 2.48 bits per heavy atom. The van der Waals surface area contributed by atoms with Crippen molar-refractivity contribution >= 4 is 33.8 Å². The number of carbonyl (C=O) groups is 1. The molecule has 172 valence electrons. The molecule has 1 heterocycles. The van der Waals surface area contributed by atoms with Crippen molar-refractivity contribution in [1.29, 1.82) is 0 Å². The largest absolute Gasteiger partial charge is 0.354 e. The molecule has 1 aliphatic rings. The van der Waals surface area contributed by atoms with Crippen LogP contribution in [-0.4, -0.2) is 26.0 Å². The number of hydrogen-bond acceptors (Lipinski definition) is 5. The fourth-order valence-corrected chi connectivity index (χ4v) is 4.50. The molecule has 33 heavy (non-hydrogen) atoms. The zero-order valence-electron chi connectivity index (χ0n) is 18.6. The van der Waals surface area contributed by atoms with E-state index in [9.17, 15) is 13.2 Å². The number of aryl methyl sites for hydroxylation is 1. The number of rotatable bonds is 9. The van der Waals surface area contributed by atoms with Gasteiger partial charge in [-0.2, -0.15) is 0 Å². The molecule has 1 atom stereocenters. The average Bonchev–Trinajstić information content (AvgIpc) is 3.62. The van der Waals surface area contributed by atoms with E-state index in [2.05, 4.69) is 15.2 Å². The predicted octanol–water partition coefficient (Wildman–Crippen LogP) is 4.58. The van der Waals surface area contributed by atoms with E-state index in [0.29, 0.717) is 23.7 Å². The van der Waals surface area contributed by atoms with Crippen molar-refractivity contribution in [3.05, 3.63) is 77.2 Å². The van der Waals surface area contributed by atoms with E-state index in [4.69, 9.17) is 4.52 Å². The summed E-state index contributed by atoms with van der Waals surface area (Å²) in [7, 11) is -3.62. The molecule has 1 aromatic heterocycles. The van der Waals surface area contributed by atoms with E-state index in [1.54, 1.807) is 43.3 Å². The van der Waals surface area contributed by atoms with Gasteiger partial charge in [0.05, 0.1) is 4.90 Å². The molecule has 0 bridgehead atoms. The molecular weight excluding hydrogens is 438 g/mol. The van der Waals surface area contributed by atoms with Crippen molar-refractivity contribution in [2.24, 2.45) is 5.92 Å². The lowest BCUT2D eigenvalue weighted by Crippen LogP contribution is -2.27. The summed E-state index contributed by atoms with van der Waals surface area (Å²) in [5.41, 5.74) is 3.05. The molecule has 0 saturated heterocycles. The van der Waals surface area contributed by atoms with Gasteiger partial charge in [-0.25, -0.2) is 13.1 Å². The van der Waals surface area contributed by atoms with E-state index in [0.717, 1.165) is 24.0 Å². The zero-order chi connectivity index (χ0) is 23.4. The Labute approximate surface area is 193 Å². The summed E-state index contributed by atoms with van der Waals surface area (Å²) in [4.78, 5) is 12.3. The highest BCUT2D eigenvalue weighted by atomic mass is 32.2. The predicted molar refractivity (Wildman–Crippen MR) is 128 cm³/mol. The third-order valence-electron chi connectivity index (χ3n) is 5.65. The van der Waals surface area contributed by atoms with E-state index < -0.39 is 10.0 Å². The fraction of sp³-hybridized carbons (Fsp3) is 0.280. The number of hydrogen-bond donors (Lipinski definition) is 2. The standard InChI is InChI=1S/C25H27N3O4S/c1-17(20-6-4-3-5-7-20)16-26-33(30,31)22-13-8-19(9-14-22)10-15-23-24(18(2)28-32-23)27-25(29)21-11-12-21/h3-10,13-15,17,21,26H,11-12,16H2,1-2H3,(H,27,29)/b15-10-. The number of aromatic nitrogens is 1. The summed E-state index contributed by atoms with van der Waals surface area (Å²) in [5, 5.41) is 6.82. The van der Waals surface area contributed by atoms with Crippen LogP contribution in [0.25, 0.3) is 12.2 Å². The summed E-state index contributed by atoms with van der Waals surface area (Å²) in [6.45, 7) is 4.07. The first-order chi connectivity index (χ1) is 15.8. The highest BCUT2D eigenvalue weighted by Crippen LogP contribution is 2.32. The van der Waals surface area contributed by atoms with Crippen LogP contribution in [0.3, 0.4) is 0 Å². The smallest absolute Gasteiger partial charge is 0.240 e. The van der Waals surface area contributed by atoms with Crippen molar-refractivity contribution in [3.8, 4) is 0 Å². The normalized spacial score (nSPS) is 15.0. The molecule has 4 rings (SSSR count). The summed E-state index contributed by atoms with van der Waals surface area (Å²) < 4.78 is 33.4. The molecule has 1 saturated carbocycles. The van der Waals surface area contributed by atoms with Gasteiger partial charge in [-0.1, -0.05) is 60.6 Å². The summed E-state index contributed by atoms with van der Waals surface area (Å²) >= 11 is 0. The number of sulfonamides is 1. The molecule has 2 aromatic carbocycles. The van der Waals surface area contributed by atoms with Crippen LogP contribution in [0.1, 0.15) is 48.3 Å². The Kier molecular flexibility index (Phi) is 6.76. The van der Waals surface area contributed by atoms with Gasteiger partial charge in [-0.05, 0) is 55.0 Å².